The van der Waals surface area contributed by atoms with Gasteiger partial charge in [-0.2, -0.15) is 0 Å². The molecule has 5 rings (SSSR count). The van der Waals surface area contributed by atoms with Crippen molar-refractivity contribution in [2.75, 3.05) is 10.4 Å². The van der Waals surface area contributed by atoms with Crippen LogP contribution in [0.25, 0.3) is 0 Å². The predicted octanol–water partition coefficient (Wildman–Crippen LogP) is 3.69. The van der Waals surface area contributed by atoms with Gasteiger partial charge in [0, 0.05) is 12.6 Å². The van der Waals surface area contributed by atoms with Gasteiger partial charge in [0.25, 0.3) is 5.91 Å². The van der Waals surface area contributed by atoms with E-state index in [1.54, 1.807) is 17.2 Å². The molecule has 2 aliphatic heterocycles. The van der Waals surface area contributed by atoms with Crippen LogP contribution in [0.3, 0.4) is 0 Å². The average molecular weight is 441 g/mol. The molecule has 1 N–H and O–H groups in total. The van der Waals surface area contributed by atoms with Crippen LogP contribution in [0, 0.1) is 5.92 Å². The van der Waals surface area contributed by atoms with E-state index in [4.69, 9.17) is 4.84 Å². The van der Waals surface area contributed by atoms with Gasteiger partial charge >= 0.3 is 0 Å². The zero-order valence-corrected chi connectivity index (χ0v) is 18.0. The Morgan fingerprint density at radius 1 is 0.879 bits per heavy atom. The number of nitrogens with zero attached hydrogens (tertiary/aromatic N) is 2. The first kappa shape index (κ1) is 20.9. The Balaban J connectivity index is 1.50. The molecule has 3 amide bonds. The number of hydroxylamine groups is 1. The van der Waals surface area contributed by atoms with E-state index in [-0.39, 0.29) is 24.3 Å². The second kappa shape index (κ2) is 8.52. The first-order chi connectivity index (χ1) is 16.0. The van der Waals surface area contributed by atoms with Gasteiger partial charge in [-0.25, -0.2) is 5.06 Å². The SMILES string of the molecule is CC(=O)Nc1ccc([C@@H]2[C@@H]3C(=O)N(Cc4ccccc4)C(=O)[C@H]3ON2c2ccccc2)cc1. The van der Waals surface area contributed by atoms with Crippen LogP contribution in [0.1, 0.15) is 24.1 Å². The number of nitrogens with one attached hydrogen (secondary N) is 1. The number of carbonyl (C=O) groups excluding carboxylic acids is 3. The van der Waals surface area contributed by atoms with Crippen LogP contribution in [0.5, 0.6) is 0 Å². The molecule has 2 aliphatic rings. The maximum absolute atomic E-state index is 13.5. The highest BCUT2D eigenvalue weighted by atomic mass is 16.7. The number of rotatable bonds is 5. The highest BCUT2D eigenvalue weighted by Gasteiger charge is 2.59. The first-order valence-electron chi connectivity index (χ1n) is 10.8. The topological polar surface area (TPSA) is 79.0 Å². The van der Waals surface area contributed by atoms with Crippen molar-refractivity contribution in [3.05, 3.63) is 96.1 Å². The quantitative estimate of drug-likeness (QED) is 0.611. The molecule has 3 aromatic rings. The lowest BCUT2D eigenvalue weighted by atomic mass is 9.90. The molecule has 0 radical (unpaired) electrons. The van der Waals surface area contributed by atoms with Crippen LogP contribution in [0.2, 0.25) is 0 Å². The molecule has 2 saturated heterocycles. The number of fused-ring (bicyclic) bond motifs is 1. The Bertz CT molecular complexity index is 1180. The third kappa shape index (κ3) is 3.87. The summed E-state index contributed by atoms with van der Waals surface area (Å²) in [4.78, 5) is 45.6. The minimum atomic E-state index is -0.888. The summed E-state index contributed by atoms with van der Waals surface area (Å²) in [6.07, 6.45) is -0.888. The molecule has 2 fully saturated rings. The smallest absolute Gasteiger partial charge is 0.262 e. The molecule has 0 saturated carbocycles. The molecule has 2 heterocycles. The standard InChI is InChI=1S/C26H23N3O4/c1-17(30)27-20-14-12-19(13-15-20)23-22-24(33-29(23)21-10-6-3-7-11-21)26(32)28(25(22)31)16-18-8-4-2-5-9-18/h2-15,22-24H,16H2,1H3,(H,27,30)/t22-,23+,24-/m0/s1. The summed E-state index contributed by atoms with van der Waals surface area (Å²) in [5, 5.41) is 4.41. The lowest BCUT2D eigenvalue weighted by Crippen LogP contribution is -2.36. The van der Waals surface area contributed by atoms with E-state index in [2.05, 4.69) is 5.32 Å². The number of benzene rings is 3. The highest BCUT2D eigenvalue weighted by Crippen LogP contribution is 2.47. The molecule has 0 unspecified atom stereocenters. The van der Waals surface area contributed by atoms with Gasteiger partial charge in [-0.3, -0.25) is 24.1 Å². The van der Waals surface area contributed by atoms with E-state index in [1.807, 2.05) is 72.8 Å². The third-order valence-electron chi connectivity index (χ3n) is 5.97. The van der Waals surface area contributed by atoms with Gasteiger partial charge in [-0.05, 0) is 35.4 Å². The van der Waals surface area contributed by atoms with Gasteiger partial charge in [0.1, 0.15) is 5.92 Å². The molecule has 7 heteroatoms. The zero-order valence-electron chi connectivity index (χ0n) is 18.0. The fourth-order valence-corrected chi connectivity index (χ4v) is 4.50. The van der Waals surface area contributed by atoms with Crippen LogP contribution in [0.4, 0.5) is 11.4 Å². The van der Waals surface area contributed by atoms with Gasteiger partial charge < -0.3 is 5.32 Å². The van der Waals surface area contributed by atoms with Gasteiger partial charge in [-0.1, -0.05) is 60.7 Å². The van der Waals surface area contributed by atoms with E-state index in [1.165, 1.54) is 11.8 Å². The summed E-state index contributed by atoms with van der Waals surface area (Å²) >= 11 is 0. The van der Waals surface area contributed by atoms with E-state index < -0.39 is 18.1 Å². The second-order valence-corrected chi connectivity index (χ2v) is 8.21. The number of amides is 3. The van der Waals surface area contributed by atoms with Crippen molar-refractivity contribution in [3.63, 3.8) is 0 Å². The number of likely N-dealkylation sites (tertiary alicyclic amines) is 1. The van der Waals surface area contributed by atoms with Crippen LogP contribution >= 0.6 is 0 Å². The molecular weight excluding hydrogens is 418 g/mol. The lowest BCUT2D eigenvalue weighted by Gasteiger charge is -2.29. The molecule has 166 valence electrons. The summed E-state index contributed by atoms with van der Waals surface area (Å²) in [5.41, 5.74) is 3.13. The minimum Gasteiger partial charge on any atom is -0.326 e. The largest absolute Gasteiger partial charge is 0.326 e. The molecular formula is C26H23N3O4. The summed E-state index contributed by atoms with van der Waals surface area (Å²) < 4.78 is 0. The van der Waals surface area contributed by atoms with Crippen LogP contribution in [-0.4, -0.2) is 28.7 Å². The minimum absolute atomic E-state index is 0.161. The molecule has 0 aromatic heterocycles. The van der Waals surface area contributed by atoms with Crippen LogP contribution < -0.4 is 10.4 Å². The predicted molar refractivity (Wildman–Crippen MR) is 123 cm³/mol. The number of imide groups is 1. The summed E-state index contributed by atoms with van der Waals surface area (Å²) in [5.74, 6) is -1.41. The second-order valence-electron chi connectivity index (χ2n) is 8.21. The number of hydrogen-bond donors (Lipinski definition) is 1. The van der Waals surface area contributed by atoms with Crippen molar-refractivity contribution in [2.24, 2.45) is 5.92 Å². The Morgan fingerprint density at radius 2 is 1.52 bits per heavy atom. The van der Waals surface area contributed by atoms with Crippen molar-refractivity contribution in [1.29, 1.82) is 0 Å². The van der Waals surface area contributed by atoms with Crippen molar-refractivity contribution in [2.45, 2.75) is 25.6 Å². The number of para-hydroxylation sites is 1. The molecule has 3 atom stereocenters. The number of carbonyl (C=O) groups is 3. The van der Waals surface area contributed by atoms with Gasteiger partial charge in [0.05, 0.1) is 18.3 Å². The van der Waals surface area contributed by atoms with Crippen LogP contribution in [0.15, 0.2) is 84.9 Å². The first-order valence-corrected chi connectivity index (χ1v) is 10.8. The molecule has 3 aromatic carbocycles. The average Bonchev–Trinajstić information content (AvgIpc) is 3.33. The van der Waals surface area contributed by atoms with Gasteiger partial charge in [-0.15, -0.1) is 0 Å². The Labute approximate surface area is 191 Å². The fourth-order valence-electron chi connectivity index (χ4n) is 4.50. The Hall–Kier alpha value is -3.97. The van der Waals surface area contributed by atoms with Gasteiger partial charge in [0.2, 0.25) is 11.8 Å². The van der Waals surface area contributed by atoms with Gasteiger partial charge in [0.15, 0.2) is 6.10 Å². The number of hydrogen-bond acceptors (Lipinski definition) is 5. The number of anilines is 2. The Morgan fingerprint density at radius 3 is 2.15 bits per heavy atom. The highest BCUT2D eigenvalue weighted by molar-refractivity contribution is 6.07. The van der Waals surface area contributed by atoms with Crippen molar-refractivity contribution in [3.8, 4) is 0 Å². The monoisotopic (exact) mass is 441 g/mol. The summed E-state index contributed by atoms with van der Waals surface area (Å²) in [6, 6.07) is 25.7. The molecule has 0 aliphatic carbocycles. The van der Waals surface area contributed by atoms with E-state index in [0.29, 0.717) is 5.69 Å². The Kier molecular flexibility index (Phi) is 5.40. The van der Waals surface area contributed by atoms with Crippen molar-refractivity contribution < 1.29 is 19.2 Å². The van der Waals surface area contributed by atoms with E-state index in [9.17, 15) is 14.4 Å². The van der Waals surface area contributed by atoms with Crippen LogP contribution in [-0.2, 0) is 25.8 Å². The van der Waals surface area contributed by atoms with E-state index in [0.717, 1.165) is 16.8 Å². The van der Waals surface area contributed by atoms with E-state index >= 15 is 0 Å². The fraction of sp³-hybridized carbons (Fsp3) is 0.192. The van der Waals surface area contributed by atoms with Crippen molar-refractivity contribution in [1.82, 2.24) is 4.90 Å². The van der Waals surface area contributed by atoms with Crippen molar-refractivity contribution >= 4 is 29.1 Å². The molecule has 33 heavy (non-hydrogen) atoms. The summed E-state index contributed by atoms with van der Waals surface area (Å²) in [7, 11) is 0. The zero-order chi connectivity index (χ0) is 22.9. The maximum Gasteiger partial charge on any atom is 0.262 e. The maximum atomic E-state index is 13.5. The third-order valence-corrected chi connectivity index (χ3v) is 5.97. The molecule has 0 spiro atoms. The normalized spacial score (nSPS) is 21.9. The lowest BCUT2D eigenvalue weighted by molar-refractivity contribution is -0.143. The molecule has 7 nitrogen and oxygen atoms in total. The summed E-state index contributed by atoms with van der Waals surface area (Å²) in [6.45, 7) is 1.67. The molecule has 0 bridgehead atoms.